The van der Waals surface area contributed by atoms with E-state index in [1.54, 1.807) is 0 Å². The number of carbonyl (C=O) groups is 1. The smallest absolute Gasteiger partial charge is 0.177 e. The second-order valence-corrected chi connectivity index (χ2v) is 4.35. The lowest BCUT2D eigenvalue weighted by Crippen LogP contribution is -1.91. The number of rotatable bonds is 1. The van der Waals surface area contributed by atoms with Gasteiger partial charge in [-0.05, 0) is 12.1 Å². The van der Waals surface area contributed by atoms with Gasteiger partial charge in [-0.1, -0.05) is 33.6 Å². The van der Waals surface area contributed by atoms with Gasteiger partial charge in [0.15, 0.2) is 5.78 Å². The predicted molar refractivity (Wildman–Crippen MR) is 61.0 cm³/mol. The lowest BCUT2D eigenvalue weighted by atomic mass is 10.2. The van der Waals surface area contributed by atoms with Crippen LogP contribution >= 0.6 is 27.5 Å². The van der Waals surface area contributed by atoms with Gasteiger partial charge in [0.1, 0.15) is 5.69 Å². The van der Waals surface area contributed by atoms with E-state index in [0.29, 0.717) is 10.7 Å². The minimum Gasteiger partial charge on any atom is -0.351 e. The molecule has 0 fully saturated rings. The molecule has 0 radical (unpaired) electrons. The van der Waals surface area contributed by atoms with Crippen LogP contribution in [0, 0.1) is 0 Å². The van der Waals surface area contributed by atoms with E-state index in [2.05, 4.69) is 20.9 Å². The fourth-order valence-corrected chi connectivity index (χ4v) is 2.08. The summed E-state index contributed by atoms with van der Waals surface area (Å²) in [5, 5.41) is 1.38. The highest BCUT2D eigenvalue weighted by Gasteiger charge is 2.12. The third kappa shape index (κ3) is 1.47. The molecule has 2 nitrogen and oxygen atoms in total. The molecule has 14 heavy (non-hydrogen) atoms. The van der Waals surface area contributed by atoms with Gasteiger partial charge in [-0.2, -0.15) is 0 Å². The molecule has 0 aliphatic carbocycles. The molecule has 0 saturated heterocycles. The Morgan fingerprint density at radius 2 is 2.21 bits per heavy atom. The van der Waals surface area contributed by atoms with Crippen LogP contribution in [0.4, 0.5) is 0 Å². The number of hydrogen-bond donors (Lipinski definition) is 1. The molecular formula is C10H7BrClNO. The van der Waals surface area contributed by atoms with Crippen molar-refractivity contribution >= 4 is 44.2 Å². The van der Waals surface area contributed by atoms with Crippen molar-refractivity contribution in [1.29, 1.82) is 0 Å². The first kappa shape index (κ1) is 9.74. The van der Waals surface area contributed by atoms with Crippen LogP contribution in [0.5, 0.6) is 0 Å². The summed E-state index contributed by atoms with van der Waals surface area (Å²) in [6.07, 6.45) is 0. The van der Waals surface area contributed by atoms with Crippen molar-refractivity contribution in [2.75, 3.05) is 0 Å². The molecule has 1 N–H and O–H groups in total. The molecule has 4 heteroatoms. The Morgan fingerprint density at radius 3 is 2.86 bits per heavy atom. The van der Waals surface area contributed by atoms with E-state index in [9.17, 15) is 4.79 Å². The minimum atomic E-state index is -0.0534. The topological polar surface area (TPSA) is 32.9 Å². The number of fused-ring (bicyclic) bond motifs is 1. The second-order valence-electron chi connectivity index (χ2n) is 3.06. The molecule has 1 aromatic heterocycles. The summed E-state index contributed by atoms with van der Waals surface area (Å²) < 4.78 is 0.956. The molecule has 0 spiro atoms. The number of hydrogen-bond acceptors (Lipinski definition) is 1. The van der Waals surface area contributed by atoms with Crippen LogP contribution < -0.4 is 0 Å². The highest BCUT2D eigenvalue weighted by atomic mass is 79.9. The van der Waals surface area contributed by atoms with Crippen LogP contribution in [0.25, 0.3) is 10.9 Å². The van der Waals surface area contributed by atoms with Crippen LogP contribution in [0.1, 0.15) is 17.4 Å². The summed E-state index contributed by atoms with van der Waals surface area (Å²) in [6.45, 7) is 1.49. The lowest BCUT2D eigenvalue weighted by molar-refractivity contribution is 0.101. The SMILES string of the molecule is CC(=O)c1[nH]c2cc(Br)ccc2c1Cl. The third-order valence-corrected chi connectivity index (χ3v) is 2.94. The zero-order valence-corrected chi connectivity index (χ0v) is 9.74. The van der Waals surface area contributed by atoms with Gasteiger partial charge in [0.2, 0.25) is 0 Å². The van der Waals surface area contributed by atoms with E-state index in [1.165, 1.54) is 6.92 Å². The molecule has 2 aromatic rings. The highest BCUT2D eigenvalue weighted by molar-refractivity contribution is 9.10. The molecule has 0 amide bonds. The third-order valence-electron chi connectivity index (χ3n) is 2.05. The number of H-pyrrole nitrogens is 1. The Bertz CT molecular complexity index is 518. The predicted octanol–water partition coefficient (Wildman–Crippen LogP) is 3.79. The molecular weight excluding hydrogens is 265 g/mol. The Balaban J connectivity index is 2.79. The van der Waals surface area contributed by atoms with E-state index in [-0.39, 0.29) is 5.78 Å². The first-order valence-corrected chi connectivity index (χ1v) is 5.24. The Hall–Kier alpha value is -0.800. The van der Waals surface area contributed by atoms with Crippen molar-refractivity contribution in [3.63, 3.8) is 0 Å². The van der Waals surface area contributed by atoms with Gasteiger partial charge in [-0.3, -0.25) is 4.79 Å². The van der Waals surface area contributed by atoms with E-state index < -0.39 is 0 Å². The number of ketones is 1. The molecule has 0 unspecified atom stereocenters. The first-order chi connectivity index (χ1) is 6.59. The van der Waals surface area contributed by atoms with E-state index >= 15 is 0 Å². The van der Waals surface area contributed by atoms with Crippen LogP contribution in [-0.2, 0) is 0 Å². The molecule has 0 aliphatic heterocycles. The molecule has 1 heterocycles. The molecule has 2 rings (SSSR count). The zero-order chi connectivity index (χ0) is 10.3. The van der Waals surface area contributed by atoms with Crippen molar-refractivity contribution in [3.05, 3.63) is 33.4 Å². The Kier molecular flexibility index (Phi) is 2.37. The number of aromatic nitrogens is 1. The van der Waals surface area contributed by atoms with Crippen LogP contribution in [0.2, 0.25) is 5.02 Å². The average molecular weight is 273 g/mol. The van der Waals surface area contributed by atoms with Crippen molar-refractivity contribution in [2.24, 2.45) is 0 Å². The normalized spacial score (nSPS) is 10.8. The highest BCUT2D eigenvalue weighted by Crippen LogP contribution is 2.29. The molecule has 0 saturated carbocycles. The van der Waals surface area contributed by atoms with Crippen molar-refractivity contribution in [1.82, 2.24) is 4.98 Å². The Morgan fingerprint density at radius 1 is 1.50 bits per heavy atom. The summed E-state index contributed by atoms with van der Waals surface area (Å²) >= 11 is 9.39. The van der Waals surface area contributed by atoms with Gasteiger partial charge in [0.25, 0.3) is 0 Å². The van der Waals surface area contributed by atoms with Gasteiger partial charge < -0.3 is 4.98 Å². The van der Waals surface area contributed by atoms with Gasteiger partial charge in [-0.25, -0.2) is 0 Å². The largest absolute Gasteiger partial charge is 0.351 e. The van der Waals surface area contributed by atoms with Crippen LogP contribution in [0.15, 0.2) is 22.7 Å². The zero-order valence-electron chi connectivity index (χ0n) is 7.40. The number of nitrogens with one attached hydrogen (secondary N) is 1. The minimum absolute atomic E-state index is 0.0534. The summed E-state index contributed by atoms with van der Waals surface area (Å²) in [6, 6.07) is 5.67. The van der Waals surface area contributed by atoms with Gasteiger partial charge in [0, 0.05) is 22.3 Å². The summed E-state index contributed by atoms with van der Waals surface area (Å²) in [4.78, 5) is 14.2. The average Bonchev–Trinajstić information content (AvgIpc) is 2.43. The van der Waals surface area contributed by atoms with E-state index in [4.69, 9.17) is 11.6 Å². The van der Waals surface area contributed by atoms with E-state index in [0.717, 1.165) is 15.4 Å². The van der Waals surface area contributed by atoms with Gasteiger partial charge in [-0.15, -0.1) is 0 Å². The number of benzene rings is 1. The number of halogens is 2. The fraction of sp³-hybridized carbons (Fsp3) is 0.100. The fourth-order valence-electron chi connectivity index (χ4n) is 1.38. The molecule has 0 aliphatic rings. The van der Waals surface area contributed by atoms with Gasteiger partial charge in [0.05, 0.1) is 5.02 Å². The maximum Gasteiger partial charge on any atom is 0.177 e. The van der Waals surface area contributed by atoms with E-state index in [1.807, 2.05) is 18.2 Å². The standard InChI is InChI=1S/C10H7BrClNO/c1-5(14)10-9(12)7-3-2-6(11)4-8(7)13-10/h2-4,13H,1H3. The maximum absolute atomic E-state index is 11.2. The quantitative estimate of drug-likeness (QED) is 0.787. The summed E-state index contributed by atoms with van der Waals surface area (Å²) in [7, 11) is 0. The number of Topliss-reactive ketones (excluding diaryl/α,β-unsaturated/α-hetero) is 1. The first-order valence-electron chi connectivity index (χ1n) is 4.07. The molecule has 72 valence electrons. The Labute approximate surface area is 94.4 Å². The lowest BCUT2D eigenvalue weighted by Gasteiger charge is -1.90. The van der Waals surface area contributed by atoms with Crippen molar-refractivity contribution in [2.45, 2.75) is 6.92 Å². The van der Waals surface area contributed by atoms with Crippen molar-refractivity contribution in [3.8, 4) is 0 Å². The second kappa shape index (κ2) is 3.41. The molecule has 0 bridgehead atoms. The summed E-state index contributed by atoms with van der Waals surface area (Å²) in [5.74, 6) is -0.0534. The van der Waals surface area contributed by atoms with Gasteiger partial charge >= 0.3 is 0 Å². The monoisotopic (exact) mass is 271 g/mol. The van der Waals surface area contributed by atoms with Crippen LogP contribution in [0.3, 0.4) is 0 Å². The molecule has 1 aromatic carbocycles. The maximum atomic E-state index is 11.2. The summed E-state index contributed by atoms with van der Waals surface area (Å²) in [5.41, 5.74) is 1.34. The number of aromatic amines is 1. The van der Waals surface area contributed by atoms with Crippen molar-refractivity contribution < 1.29 is 4.79 Å². The number of carbonyl (C=O) groups excluding carboxylic acids is 1. The van der Waals surface area contributed by atoms with Crippen LogP contribution in [-0.4, -0.2) is 10.8 Å². The molecule has 0 atom stereocenters.